The van der Waals surface area contributed by atoms with Crippen molar-refractivity contribution in [3.05, 3.63) is 41.4 Å². The first-order valence-corrected chi connectivity index (χ1v) is 8.31. The van der Waals surface area contributed by atoms with Crippen molar-refractivity contribution in [3.8, 4) is 11.3 Å². The zero-order valence-electron chi connectivity index (χ0n) is 12.7. The highest BCUT2D eigenvalue weighted by Gasteiger charge is 2.35. The van der Waals surface area contributed by atoms with Gasteiger partial charge < -0.3 is 14.6 Å². The summed E-state index contributed by atoms with van der Waals surface area (Å²) >= 11 is 6.14. The molecule has 3 saturated heterocycles. The van der Waals surface area contributed by atoms with Gasteiger partial charge in [-0.3, -0.25) is 9.78 Å². The number of carbonyl (C=O) groups is 1. The normalized spacial score (nSPS) is 26.2. The third kappa shape index (κ3) is 2.86. The Bertz CT molecular complexity index is 722. The molecule has 0 spiro atoms. The van der Waals surface area contributed by atoms with E-state index in [1.807, 2.05) is 0 Å². The third-order valence-corrected chi connectivity index (χ3v) is 5.17. The van der Waals surface area contributed by atoms with Crippen LogP contribution in [0.4, 0.5) is 0 Å². The Labute approximate surface area is 139 Å². The lowest BCUT2D eigenvalue weighted by Gasteiger charge is -2.44. The molecule has 0 radical (unpaired) electrons. The summed E-state index contributed by atoms with van der Waals surface area (Å²) in [6.07, 6.45) is 5.59. The molecule has 5 rings (SSSR count). The van der Waals surface area contributed by atoms with Crippen LogP contribution >= 0.6 is 11.6 Å². The number of rotatable bonds is 3. The quantitative estimate of drug-likeness (QED) is 0.939. The maximum atomic E-state index is 12.4. The third-order valence-electron chi connectivity index (χ3n) is 4.84. The predicted octanol–water partition coefficient (Wildman–Crippen LogP) is 2.82. The van der Waals surface area contributed by atoms with Crippen LogP contribution in [0.2, 0.25) is 5.02 Å². The lowest BCUT2D eigenvalue weighted by atomic mass is 9.84. The number of hydrogen-bond acceptors (Lipinski definition) is 4. The first kappa shape index (κ1) is 14.7. The Morgan fingerprint density at radius 1 is 1.30 bits per heavy atom. The van der Waals surface area contributed by atoms with E-state index in [0.717, 1.165) is 19.6 Å². The van der Waals surface area contributed by atoms with Gasteiger partial charge in [0.2, 0.25) is 0 Å². The van der Waals surface area contributed by atoms with Crippen molar-refractivity contribution in [2.75, 3.05) is 19.6 Å². The van der Waals surface area contributed by atoms with E-state index < -0.39 is 0 Å². The van der Waals surface area contributed by atoms with Crippen molar-refractivity contribution in [1.82, 2.24) is 15.2 Å². The molecule has 1 unspecified atom stereocenters. The predicted molar refractivity (Wildman–Crippen MR) is 87.4 cm³/mol. The maximum absolute atomic E-state index is 12.4. The fourth-order valence-corrected chi connectivity index (χ4v) is 3.73. The van der Waals surface area contributed by atoms with Crippen LogP contribution in [0.1, 0.15) is 23.4 Å². The fraction of sp³-hybridized carbons (Fsp3) is 0.412. The average Bonchev–Trinajstić information content (AvgIpc) is 3.06. The molecule has 3 aliphatic rings. The number of nitrogens with one attached hydrogen (secondary N) is 1. The van der Waals surface area contributed by atoms with Crippen molar-refractivity contribution in [2.45, 2.75) is 18.9 Å². The van der Waals surface area contributed by atoms with E-state index in [4.69, 9.17) is 16.0 Å². The summed E-state index contributed by atoms with van der Waals surface area (Å²) in [4.78, 5) is 18.9. The van der Waals surface area contributed by atoms with Gasteiger partial charge in [0.25, 0.3) is 5.91 Å². The molecule has 5 heterocycles. The fourth-order valence-electron chi connectivity index (χ4n) is 3.53. The van der Waals surface area contributed by atoms with Crippen LogP contribution in [-0.4, -0.2) is 41.5 Å². The molecule has 1 N–H and O–H groups in total. The van der Waals surface area contributed by atoms with Crippen LogP contribution in [0.3, 0.4) is 0 Å². The van der Waals surface area contributed by atoms with Crippen LogP contribution in [-0.2, 0) is 0 Å². The van der Waals surface area contributed by atoms with E-state index in [2.05, 4.69) is 15.2 Å². The lowest BCUT2D eigenvalue weighted by molar-refractivity contribution is 0.0606. The molecule has 3 fully saturated rings. The second kappa shape index (κ2) is 5.98. The van der Waals surface area contributed by atoms with Crippen LogP contribution in [0.25, 0.3) is 11.3 Å². The van der Waals surface area contributed by atoms with Crippen LogP contribution in [0.15, 0.2) is 35.0 Å². The summed E-state index contributed by atoms with van der Waals surface area (Å²) in [6, 6.07) is 5.37. The molecule has 2 aromatic heterocycles. The highest BCUT2D eigenvalue weighted by Crippen LogP contribution is 2.30. The van der Waals surface area contributed by atoms with E-state index in [9.17, 15) is 4.79 Å². The molecule has 2 aromatic rings. The molecular formula is C17H18ClN3O2. The molecule has 2 bridgehead atoms. The van der Waals surface area contributed by atoms with Gasteiger partial charge in [-0.2, -0.15) is 0 Å². The lowest BCUT2D eigenvalue weighted by Crippen LogP contribution is -2.57. The minimum absolute atomic E-state index is 0.157. The number of pyridine rings is 1. The van der Waals surface area contributed by atoms with Crippen LogP contribution in [0.5, 0.6) is 0 Å². The van der Waals surface area contributed by atoms with Gasteiger partial charge in [0.15, 0.2) is 5.76 Å². The van der Waals surface area contributed by atoms with Crippen molar-refractivity contribution in [2.24, 2.45) is 5.92 Å². The number of aromatic nitrogens is 1. The minimum Gasteiger partial charge on any atom is -0.451 e. The van der Waals surface area contributed by atoms with Crippen LogP contribution < -0.4 is 5.32 Å². The summed E-state index contributed by atoms with van der Waals surface area (Å²) in [5.41, 5.74) is 0.691. The highest BCUT2D eigenvalue weighted by molar-refractivity contribution is 6.33. The van der Waals surface area contributed by atoms with Crippen molar-refractivity contribution in [1.29, 1.82) is 0 Å². The van der Waals surface area contributed by atoms with Crippen molar-refractivity contribution < 1.29 is 9.21 Å². The number of piperidine rings is 3. The van der Waals surface area contributed by atoms with E-state index in [-0.39, 0.29) is 11.9 Å². The first-order valence-electron chi connectivity index (χ1n) is 7.93. The molecule has 1 amide bonds. The summed E-state index contributed by atoms with van der Waals surface area (Å²) in [5, 5.41) is 3.68. The van der Waals surface area contributed by atoms with E-state index >= 15 is 0 Å². The van der Waals surface area contributed by atoms with Gasteiger partial charge in [-0.05, 0) is 50.0 Å². The zero-order chi connectivity index (χ0) is 15.8. The Kier molecular flexibility index (Phi) is 3.83. The SMILES string of the molecule is O=C(NC1CN2CCC1CC2)c1ccc(-c2cnccc2Cl)o1. The number of halogens is 1. The Hall–Kier alpha value is -1.85. The maximum Gasteiger partial charge on any atom is 0.287 e. The van der Waals surface area contributed by atoms with Gasteiger partial charge in [-0.15, -0.1) is 0 Å². The summed E-state index contributed by atoms with van der Waals surface area (Å²) < 4.78 is 5.68. The summed E-state index contributed by atoms with van der Waals surface area (Å²) in [7, 11) is 0. The number of amides is 1. The Morgan fingerprint density at radius 2 is 2.13 bits per heavy atom. The van der Waals surface area contributed by atoms with Crippen molar-refractivity contribution in [3.63, 3.8) is 0 Å². The van der Waals surface area contributed by atoms with Gasteiger partial charge in [0.05, 0.1) is 10.6 Å². The van der Waals surface area contributed by atoms with Gasteiger partial charge in [-0.1, -0.05) is 11.6 Å². The van der Waals surface area contributed by atoms with Gasteiger partial charge in [0.1, 0.15) is 5.76 Å². The van der Waals surface area contributed by atoms with Gasteiger partial charge >= 0.3 is 0 Å². The van der Waals surface area contributed by atoms with Crippen LogP contribution in [0, 0.1) is 5.92 Å². The molecule has 23 heavy (non-hydrogen) atoms. The Balaban J connectivity index is 1.48. The standard InChI is InChI=1S/C17H18ClN3O2/c18-13-3-6-19-9-12(13)15-1-2-16(23-15)17(22)20-14-10-21-7-4-11(14)5-8-21/h1-3,6,9,11,14H,4-5,7-8,10H2,(H,20,22). The number of fused-ring (bicyclic) bond motifs is 3. The molecule has 3 aliphatic heterocycles. The number of furan rings is 1. The number of nitrogens with zero attached hydrogens (tertiary/aromatic N) is 2. The van der Waals surface area contributed by atoms with Gasteiger partial charge in [0, 0.05) is 25.0 Å². The second-order valence-corrected chi connectivity index (χ2v) is 6.64. The highest BCUT2D eigenvalue weighted by atomic mass is 35.5. The zero-order valence-corrected chi connectivity index (χ0v) is 13.4. The molecular weight excluding hydrogens is 314 g/mol. The monoisotopic (exact) mass is 331 g/mol. The first-order chi connectivity index (χ1) is 11.2. The number of hydrogen-bond donors (Lipinski definition) is 1. The smallest absolute Gasteiger partial charge is 0.287 e. The summed E-state index contributed by atoms with van der Waals surface area (Å²) in [6.45, 7) is 3.25. The van der Waals surface area contributed by atoms with E-state index in [1.165, 1.54) is 12.8 Å². The average molecular weight is 332 g/mol. The second-order valence-electron chi connectivity index (χ2n) is 6.24. The molecule has 5 nitrogen and oxygen atoms in total. The van der Waals surface area contributed by atoms with E-state index in [0.29, 0.717) is 28.0 Å². The topological polar surface area (TPSA) is 58.4 Å². The molecule has 1 atom stereocenters. The van der Waals surface area contributed by atoms with Crippen molar-refractivity contribution >= 4 is 17.5 Å². The molecule has 0 aliphatic carbocycles. The summed E-state index contributed by atoms with van der Waals surface area (Å²) in [5.74, 6) is 1.31. The molecule has 120 valence electrons. The minimum atomic E-state index is -0.157. The van der Waals surface area contributed by atoms with Gasteiger partial charge in [-0.25, -0.2) is 0 Å². The Morgan fingerprint density at radius 3 is 2.83 bits per heavy atom. The largest absolute Gasteiger partial charge is 0.451 e. The van der Waals surface area contributed by atoms with E-state index in [1.54, 1.807) is 30.6 Å². The number of carbonyl (C=O) groups excluding carboxylic acids is 1. The molecule has 0 saturated carbocycles. The molecule has 6 heteroatoms. The molecule has 0 aromatic carbocycles.